The molecule has 1 rings (SSSR count). The maximum atomic E-state index is 4.22. The van der Waals surface area contributed by atoms with E-state index in [4.69, 9.17) is 0 Å². The minimum absolute atomic E-state index is 0.512. The minimum Gasteiger partial charge on any atom is -0.371 e. The number of rotatable bonds is 6. The molecular weight excluding hydrogens is 198 g/mol. The molecule has 0 aliphatic carbocycles. The molecule has 0 aliphatic heterocycles. The number of nitrogens with zero attached hydrogens (tertiary/aromatic N) is 2. The average Bonchev–Trinajstić information content (AvgIpc) is 2.29. The average molecular weight is 221 g/mol. The largest absolute Gasteiger partial charge is 0.371 e. The van der Waals surface area contributed by atoms with Crippen molar-refractivity contribution in [2.75, 3.05) is 18.0 Å². The van der Waals surface area contributed by atoms with Gasteiger partial charge in [-0.05, 0) is 25.5 Å². The van der Waals surface area contributed by atoms with Crippen molar-refractivity contribution in [1.29, 1.82) is 0 Å². The second-order valence-electron chi connectivity index (χ2n) is 4.21. The van der Waals surface area contributed by atoms with Crippen LogP contribution in [0.2, 0.25) is 0 Å². The molecule has 3 nitrogen and oxygen atoms in total. The SMILES string of the molecule is CCN(CC)c1cnccc1CNC(C)C. The second kappa shape index (κ2) is 6.48. The fraction of sp³-hybridized carbons (Fsp3) is 0.615. The summed E-state index contributed by atoms with van der Waals surface area (Å²) >= 11 is 0. The summed E-state index contributed by atoms with van der Waals surface area (Å²) in [5.74, 6) is 0. The van der Waals surface area contributed by atoms with Crippen molar-refractivity contribution in [1.82, 2.24) is 10.3 Å². The number of anilines is 1. The first-order valence-electron chi connectivity index (χ1n) is 6.10. The summed E-state index contributed by atoms with van der Waals surface area (Å²) in [6, 6.07) is 2.61. The Morgan fingerprint density at radius 1 is 1.31 bits per heavy atom. The lowest BCUT2D eigenvalue weighted by Gasteiger charge is -2.24. The Bertz CT molecular complexity index is 306. The first-order chi connectivity index (χ1) is 7.69. The van der Waals surface area contributed by atoms with Crippen LogP contribution in [0, 0.1) is 0 Å². The van der Waals surface area contributed by atoms with Crippen molar-refractivity contribution in [2.45, 2.75) is 40.3 Å². The van der Waals surface area contributed by atoms with Gasteiger partial charge < -0.3 is 10.2 Å². The minimum atomic E-state index is 0.512. The lowest BCUT2D eigenvalue weighted by atomic mass is 10.2. The van der Waals surface area contributed by atoms with Crippen LogP contribution >= 0.6 is 0 Å². The van der Waals surface area contributed by atoms with Gasteiger partial charge in [0.1, 0.15) is 0 Å². The van der Waals surface area contributed by atoms with Gasteiger partial charge in [0, 0.05) is 31.9 Å². The predicted octanol–water partition coefficient (Wildman–Crippen LogP) is 2.43. The summed E-state index contributed by atoms with van der Waals surface area (Å²) in [4.78, 5) is 6.56. The first-order valence-corrected chi connectivity index (χ1v) is 6.10. The third-order valence-electron chi connectivity index (χ3n) is 2.69. The van der Waals surface area contributed by atoms with E-state index in [1.807, 2.05) is 12.4 Å². The zero-order chi connectivity index (χ0) is 12.0. The summed E-state index contributed by atoms with van der Waals surface area (Å²) in [6.07, 6.45) is 3.83. The molecule has 0 aromatic carbocycles. The van der Waals surface area contributed by atoms with Gasteiger partial charge in [0.25, 0.3) is 0 Å². The van der Waals surface area contributed by atoms with Gasteiger partial charge in [0.15, 0.2) is 0 Å². The van der Waals surface area contributed by atoms with Gasteiger partial charge in [-0.2, -0.15) is 0 Å². The number of hydrogen-bond acceptors (Lipinski definition) is 3. The Morgan fingerprint density at radius 2 is 2.00 bits per heavy atom. The third kappa shape index (κ3) is 3.49. The Morgan fingerprint density at radius 3 is 2.56 bits per heavy atom. The fourth-order valence-electron chi connectivity index (χ4n) is 1.73. The van der Waals surface area contributed by atoms with Crippen molar-refractivity contribution in [3.05, 3.63) is 24.0 Å². The van der Waals surface area contributed by atoms with Gasteiger partial charge in [0.05, 0.1) is 11.9 Å². The van der Waals surface area contributed by atoms with Crippen LogP contribution in [0.4, 0.5) is 5.69 Å². The Balaban J connectivity index is 2.82. The fourth-order valence-corrected chi connectivity index (χ4v) is 1.73. The van der Waals surface area contributed by atoms with Crippen LogP contribution < -0.4 is 10.2 Å². The van der Waals surface area contributed by atoms with Crippen LogP contribution in [-0.2, 0) is 6.54 Å². The van der Waals surface area contributed by atoms with Crippen LogP contribution in [0.1, 0.15) is 33.3 Å². The smallest absolute Gasteiger partial charge is 0.0598 e. The quantitative estimate of drug-likeness (QED) is 0.799. The van der Waals surface area contributed by atoms with Crippen LogP contribution in [0.5, 0.6) is 0 Å². The molecule has 3 heteroatoms. The molecule has 0 fully saturated rings. The molecule has 0 atom stereocenters. The van der Waals surface area contributed by atoms with Gasteiger partial charge in [-0.25, -0.2) is 0 Å². The highest BCUT2D eigenvalue weighted by Gasteiger charge is 2.08. The van der Waals surface area contributed by atoms with Gasteiger partial charge in [0.2, 0.25) is 0 Å². The molecule has 0 saturated carbocycles. The molecule has 1 heterocycles. The third-order valence-corrected chi connectivity index (χ3v) is 2.69. The monoisotopic (exact) mass is 221 g/mol. The number of pyridine rings is 1. The van der Waals surface area contributed by atoms with E-state index < -0.39 is 0 Å². The van der Waals surface area contributed by atoms with E-state index in [1.165, 1.54) is 11.3 Å². The second-order valence-corrected chi connectivity index (χ2v) is 4.21. The van der Waals surface area contributed by atoms with Crippen LogP contribution in [0.25, 0.3) is 0 Å². The van der Waals surface area contributed by atoms with Crippen molar-refractivity contribution in [2.24, 2.45) is 0 Å². The molecule has 0 aliphatic rings. The molecule has 1 N–H and O–H groups in total. The molecule has 1 aromatic heterocycles. The first kappa shape index (κ1) is 13.0. The maximum absolute atomic E-state index is 4.22. The summed E-state index contributed by atoms with van der Waals surface area (Å²) in [7, 11) is 0. The molecule has 0 spiro atoms. The van der Waals surface area contributed by atoms with Crippen molar-refractivity contribution in [3.8, 4) is 0 Å². The van der Waals surface area contributed by atoms with E-state index in [0.29, 0.717) is 6.04 Å². The summed E-state index contributed by atoms with van der Waals surface area (Å²) in [5, 5.41) is 3.45. The van der Waals surface area contributed by atoms with Gasteiger partial charge in [-0.3, -0.25) is 4.98 Å². The van der Waals surface area contributed by atoms with Crippen LogP contribution in [0.3, 0.4) is 0 Å². The highest BCUT2D eigenvalue weighted by molar-refractivity contribution is 5.51. The molecule has 0 unspecified atom stereocenters. The van der Waals surface area contributed by atoms with E-state index in [1.54, 1.807) is 0 Å². The summed E-state index contributed by atoms with van der Waals surface area (Å²) < 4.78 is 0. The Kier molecular flexibility index (Phi) is 5.26. The molecule has 16 heavy (non-hydrogen) atoms. The normalized spacial score (nSPS) is 10.8. The number of hydrogen-bond donors (Lipinski definition) is 1. The number of nitrogens with one attached hydrogen (secondary N) is 1. The predicted molar refractivity (Wildman–Crippen MR) is 69.8 cm³/mol. The molecule has 0 amide bonds. The van der Waals surface area contributed by atoms with Gasteiger partial charge >= 0.3 is 0 Å². The standard InChI is InChI=1S/C13H23N3/c1-5-16(6-2)13-10-14-8-7-12(13)9-15-11(3)4/h7-8,10-11,15H,5-6,9H2,1-4H3. The Hall–Kier alpha value is -1.09. The zero-order valence-corrected chi connectivity index (χ0v) is 10.8. The summed E-state index contributed by atoms with van der Waals surface area (Å²) in [6.45, 7) is 11.6. The highest BCUT2D eigenvalue weighted by Crippen LogP contribution is 2.18. The van der Waals surface area contributed by atoms with Crippen LogP contribution in [0.15, 0.2) is 18.5 Å². The molecular formula is C13H23N3. The molecule has 1 aromatic rings. The van der Waals surface area contributed by atoms with E-state index in [0.717, 1.165) is 19.6 Å². The molecule has 0 bridgehead atoms. The number of aromatic nitrogens is 1. The van der Waals surface area contributed by atoms with E-state index in [9.17, 15) is 0 Å². The lowest BCUT2D eigenvalue weighted by Crippen LogP contribution is -2.27. The maximum Gasteiger partial charge on any atom is 0.0598 e. The van der Waals surface area contributed by atoms with Crippen molar-refractivity contribution in [3.63, 3.8) is 0 Å². The topological polar surface area (TPSA) is 28.2 Å². The van der Waals surface area contributed by atoms with E-state index >= 15 is 0 Å². The highest BCUT2D eigenvalue weighted by atomic mass is 15.1. The van der Waals surface area contributed by atoms with Gasteiger partial charge in [-0.1, -0.05) is 13.8 Å². The molecule has 0 saturated heterocycles. The van der Waals surface area contributed by atoms with E-state index in [-0.39, 0.29) is 0 Å². The van der Waals surface area contributed by atoms with Crippen molar-refractivity contribution < 1.29 is 0 Å². The van der Waals surface area contributed by atoms with Gasteiger partial charge in [-0.15, -0.1) is 0 Å². The molecule has 0 radical (unpaired) electrons. The summed E-state index contributed by atoms with van der Waals surface area (Å²) in [5.41, 5.74) is 2.58. The van der Waals surface area contributed by atoms with E-state index in [2.05, 4.69) is 49.0 Å². The Labute approximate surface area is 98.9 Å². The molecule has 90 valence electrons. The van der Waals surface area contributed by atoms with Crippen molar-refractivity contribution >= 4 is 5.69 Å². The zero-order valence-electron chi connectivity index (χ0n) is 10.8. The van der Waals surface area contributed by atoms with Crippen LogP contribution in [-0.4, -0.2) is 24.1 Å². The lowest BCUT2D eigenvalue weighted by molar-refractivity contribution is 0.587.